The lowest BCUT2D eigenvalue weighted by atomic mass is 10.1. The topological polar surface area (TPSA) is 36.4 Å². The van der Waals surface area contributed by atoms with Crippen LogP contribution in [0.2, 0.25) is 5.02 Å². The molecule has 29 heavy (non-hydrogen) atoms. The van der Waals surface area contributed by atoms with Crippen molar-refractivity contribution in [2.75, 3.05) is 31.1 Å². The van der Waals surface area contributed by atoms with Gasteiger partial charge in [-0.2, -0.15) is 13.2 Å². The first-order chi connectivity index (χ1) is 13.8. The Morgan fingerprint density at radius 3 is 2.48 bits per heavy atom. The number of rotatable bonds is 2. The summed E-state index contributed by atoms with van der Waals surface area (Å²) in [4.78, 5) is 20.9. The molecule has 1 aliphatic heterocycles. The fourth-order valence-electron chi connectivity index (χ4n) is 3.54. The highest BCUT2D eigenvalue weighted by molar-refractivity contribution is 6.32. The van der Waals surface area contributed by atoms with E-state index in [2.05, 4.69) is 4.98 Å². The van der Waals surface area contributed by atoms with Crippen LogP contribution in [0.3, 0.4) is 0 Å². The summed E-state index contributed by atoms with van der Waals surface area (Å²) in [7, 11) is 0. The molecule has 4 rings (SSSR count). The smallest absolute Gasteiger partial charge is 0.368 e. The summed E-state index contributed by atoms with van der Waals surface area (Å²) in [5.74, 6) is -0.181. The number of carbonyl (C=O) groups is 1. The van der Waals surface area contributed by atoms with Crippen LogP contribution in [0.5, 0.6) is 0 Å². The van der Waals surface area contributed by atoms with E-state index in [0.717, 1.165) is 17.5 Å². The Hall–Kier alpha value is -2.80. The molecular formula is C21H17ClF3N3O. The molecule has 0 saturated carbocycles. The molecule has 0 radical (unpaired) electrons. The molecule has 2 aromatic carbocycles. The van der Waals surface area contributed by atoms with Gasteiger partial charge in [0.2, 0.25) is 0 Å². The minimum absolute atomic E-state index is 0.181. The number of hydrogen-bond acceptors (Lipinski definition) is 3. The number of carbonyl (C=O) groups excluding carboxylic acids is 1. The SMILES string of the molecule is O=C(c1cc(Cl)cc2cccnc12)N1CCN(c2cccc(C(F)(F)F)c2)CC1. The van der Waals surface area contributed by atoms with Crippen molar-refractivity contribution in [1.82, 2.24) is 9.88 Å². The van der Waals surface area contributed by atoms with Crippen LogP contribution in [0.4, 0.5) is 18.9 Å². The lowest BCUT2D eigenvalue weighted by molar-refractivity contribution is -0.137. The zero-order chi connectivity index (χ0) is 20.6. The molecule has 0 atom stereocenters. The van der Waals surface area contributed by atoms with E-state index in [0.29, 0.717) is 48.0 Å². The average molecular weight is 420 g/mol. The van der Waals surface area contributed by atoms with Crippen LogP contribution in [-0.2, 0) is 6.18 Å². The van der Waals surface area contributed by atoms with E-state index in [1.54, 1.807) is 35.4 Å². The van der Waals surface area contributed by atoms with Crippen LogP contribution in [0.25, 0.3) is 10.9 Å². The number of amides is 1. The number of pyridine rings is 1. The van der Waals surface area contributed by atoms with E-state index in [9.17, 15) is 18.0 Å². The van der Waals surface area contributed by atoms with Crippen LogP contribution in [0.1, 0.15) is 15.9 Å². The zero-order valence-corrected chi connectivity index (χ0v) is 16.0. The second kappa shape index (κ2) is 7.55. The summed E-state index contributed by atoms with van der Waals surface area (Å²) in [5, 5.41) is 1.24. The first kappa shape index (κ1) is 19.5. The largest absolute Gasteiger partial charge is 0.416 e. The first-order valence-corrected chi connectivity index (χ1v) is 9.46. The van der Waals surface area contributed by atoms with Crippen LogP contribution < -0.4 is 4.90 Å². The summed E-state index contributed by atoms with van der Waals surface area (Å²) < 4.78 is 38.9. The Morgan fingerprint density at radius 2 is 1.76 bits per heavy atom. The number of alkyl halides is 3. The summed E-state index contributed by atoms with van der Waals surface area (Å²) in [6.45, 7) is 1.68. The first-order valence-electron chi connectivity index (χ1n) is 9.09. The number of halogens is 4. The van der Waals surface area contributed by atoms with Gasteiger partial charge < -0.3 is 9.80 Å². The van der Waals surface area contributed by atoms with Gasteiger partial charge in [-0.1, -0.05) is 23.7 Å². The van der Waals surface area contributed by atoms with Crippen LogP contribution in [0, 0.1) is 0 Å². The molecule has 8 heteroatoms. The quantitative estimate of drug-likeness (QED) is 0.594. The Labute approximate surface area is 170 Å². The molecule has 1 aromatic heterocycles. The highest BCUT2D eigenvalue weighted by atomic mass is 35.5. The third-order valence-corrected chi connectivity index (χ3v) is 5.22. The molecule has 0 aliphatic carbocycles. The summed E-state index contributed by atoms with van der Waals surface area (Å²) >= 11 is 6.16. The lowest BCUT2D eigenvalue weighted by Gasteiger charge is -2.36. The van der Waals surface area contributed by atoms with Gasteiger partial charge in [-0.05, 0) is 36.4 Å². The van der Waals surface area contributed by atoms with Gasteiger partial charge in [0.05, 0.1) is 16.6 Å². The van der Waals surface area contributed by atoms with Gasteiger partial charge in [-0.15, -0.1) is 0 Å². The van der Waals surface area contributed by atoms with E-state index >= 15 is 0 Å². The summed E-state index contributed by atoms with van der Waals surface area (Å²) in [6.07, 6.45) is -2.76. The van der Waals surface area contributed by atoms with Crippen molar-refractivity contribution in [3.63, 3.8) is 0 Å². The van der Waals surface area contributed by atoms with Gasteiger partial charge in [0.25, 0.3) is 5.91 Å². The average Bonchev–Trinajstić information content (AvgIpc) is 2.72. The predicted octanol–water partition coefficient (Wildman–Crippen LogP) is 4.87. The van der Waals surface area contributed by atoms with Crippen molar-refractivity contribution in [3.05, 3.63) is 70.9 Å². The minimum atomic E-state index is -4.38. The maximum atomic E-state index is 13.1. The number of fused-ring (bicyclic) bond motifs is 1. The molecule has 0 bridgehead atoms. The standard InChI is InChI=1S/C21H17ClF3N3O/c22-16-11-14-3-2-6-26-19(14)18(13-16)20(29)28-9-7-27(8-10-28)17-5-1-4-15(12-17)21(23,24)25/h1-6,11-13H,7-10H2. The van der Waals surface area contributed by atoms with Crippen molar-refractivity contribution in [1.29, 1.82) is 0 Å². The second-order valence-corrected chi connectivity index (χ2v) is 7.29. The molecule has 150 valence electrons. The van der Waals surface area contributed by atoms with Crippen LogP contribution in [0.15, 0.2) is 54.7 Å². The molecule has 0 spiro atoms. The summed E-state index contributed by atoms with van der Waals surface area (Å²) in [6, 6.07) is 12.2. The molecule has 3 aromatic rings. The second-order valence-electron chi connectivity index (χ2n) is 6.86. The Morgan fingerprint density at radius 1 is 1.00 bits per heavy atom. The molecule has 1 aliphatic rings. The van der Waals surface area contributed by atoms with E-state index in [-0.39, 0.29) is 5.91 Å². The van der Waals surface area contributed by atoms with Crippen molar-refractivity contribution in [3.8, 4) is 0 Å². The van der Waals surface area contributed by atoms with Crippen molar-refractivity contribution < 1.29 is 18.0 Å². The van der Waals surface area contributed by atoms with Gasteiger partial charge in [0.15, 0.2) is 0 Å². The third-order valence-electron chi connectivity index (χ3n) is 5.01. The molecule has 1 amide bonds. The third kappa shape index (κ3) is 4.00. The maximum absolute atomic E-state index is 13.1. The maximum Gasteiger partial charge on any atom is 0.416 e. The van der Waals surface area contributed by atoms with Gasteiger partial charge in [0, 0.05) is 48.5 Å². The molecule has 2 heterocycles. The van der Waals surface area contributed by atoms with Gasteiger partial charge in [-0.3, -0.25) is 9.78 Å². The fourth-order valence-corrected chi connectivity index (χ4v) is 3.76. The number of benzene rings is 2. The van der Waals surface area contributed by atoms with E-state index < -0.39 is 11.7 Å². The Bertz CT molecular complexity index is 1060. The summed E-state index contributed by atoms with van der Waals surface area (Å²) in [5.41, 5.74) is 0.842. The molecule has 1 saturated heterocycles. The number of aromatic nitrogens is 1. The monoisotopic (exact) mass is 419 g/mol. The minimum Gasteiger partial charge on any atom is -0.368 e. The fraction of sp³-hybridized carbons (Fsp3) is 0.238. The Balaban J connectivity index is 1.51. The molecular weight excluding hydrogens is 403 g/mol. The molecule has 4 nitrogen and oxygen atoms in total. The van der Waals surface area contributed by atoms with Crippen molar-refractivity contribution in [2.24, 2.45) is 0 Å². The van der Waals surface area contributed by atoms with Crippen LogP contribution in [-0.4, -0.2) is 42.0 Å². The number of piperazine rings is 1. The van der Waals surface area contributed by atoms with Crippen molar-refractivity contribution >= 4 is 34.1 Å². The predicted molar refractivity (Wildman–Crippen MR) is 106 cm³/mol. The molecule has 0 N–H and O–H groups in total. The van der Waals surface area contributed by atoms with Gasteiger partial charge in [0.1, 0.15) is 0 Å². The normalized spacial score (nSPS) is 15.0. The Kier molecular flexibility index (Phi) is 5.08. The molecule has 0 unspecified atom stereocenters. The highest BCUT2D eigenvalue weighted by Gasteiger charge is 2.31. The number of nitrogens with zero attached hydrogens (tertiary/aromatic N) is 3. The zero-order valence-electron chi connectivity index (χ0n) is 15.3. The van der Waals surface area contributed by atoms with Gasteiger partial charge >= 0.3 is 6.18 Å². The van der Waals surface area contributed by atoms with E-state index in [4.69, 9.17) is 11.6 Å². The lowest BCUT2D eigenvalue weighted by Crippen LogP contribution is -2.48. The van der Waals surface area contributed by atoms with E-state index in [1.165, 1.54) is 6.07 Å². The van der Waals surface area contributed by atoms with Crippen LogP contribution >= 0.6 is 11.6 Å². The highest BCUT2D eigenvalue weighted by Crippen LogP contribution is 2.32. The number of anilines is 1. The number of hydrogen-bond donors (Lipinski definition) is 0. The van der Waals surface area contributed by atoms with Gasteiger partial charge in [-0.25, -0.2) is 0 Å². The van der Waals surface area contributed by atoms with E-state index in [1.807, 2.05) is 11.0 Å². The van der Waals surface area contributed by atoms with Crippen molar-refractivity contribution in [2.45, 2.75) is 6.18 Å². The molecule has 1 fully saturated rings.